The molecule has 1 aromatic heterocycles. The summed E-state index contributed by atoms with van der Waals surface area (Å²) in [4.78, 5) is 10.7. The van der Waals surface area contributed by atoms with Gasteiger partial charge in [0, 0.05) is 0 Å². The molecule has 0 saturated carbocycles. The number of hydrogen-bond donors (Lipinski definition) is 2. The second-order valence-corrected chi connectivity index (χ2v) is 3.02. The molecular formula is C8H13N3O3. The first kappa shape index (κ1) is 10.6. The smallest absolute Gasteiger partial charge is 0.358 e. The molecule has 1 unspecified atom stereocenters. The summed E-state index contributed by atoms with van der Waals surface area (Å²) >= 11 is 0. The Kier molecular flexibility index (Phi) is 3.19. The predicted octanol–water partition coefficient (Wildman–Crippen LogP) is 0.228. The number of nitrogens with zero attached hydrogens (tertiary/aromatic N) is 3. The van der Waals surface area contributed by atoms with Crippen LogP contribution in [0.2, 0.25) is 0 Å². The highest BCUT2D eigenvalue weighted by Gasteiger charge is 2.19. The average molecular weight is 199 g/mol. The zero-order chi connectivity index (χ0) is 10.7. The zero-order valence-corrected chi connectivity index (χ0v) is 8.14. The monoisotopic (exact) mass is 199 g/mol. The Morgan fingerprint density at radius 1 is 1.64 bits per heavy atom. The van der Waals surface area contributed by atoms with Crippen molar-refractivity contribution in [3.8, 4) is 0 Å². The standard InChI is InChI=1S/C8H13N3O3/c1-3-6(4-12)11-5(2)7(8(13)14)9-10-11/h6,12H,3-4H2,1-2H3,(H,13,14). The number of aliphatic hydroxyl groups is 1. The molecule has 1 atom stereocenters. The second-order valence-electron chi connectivity index (χ2n) is 3.02. The molecule has 78 valence electrons. The maximum atomic E-state index is 10.7. The van der Waals surface area contributed by atoms with Gasteiger partial charge < -0.3 is 10.2 Å². The third-order valence-electron chi connectivity index (χ3n) is 2.16. The Morgan fingerprint density at radius 2 is 2.29 bits per heavy atom. The number of carbonyl (C=O) groups is 1. The molecule has 2 N–H and O–H groups in total. The topological polar surface area (TPSA) is 88.2 Å². The van der Waals surface area contributed by atoms with Crippen LogP contribution in [0.5, 0.6) is 0 Å². The quantitative estimate of drug-likeness (QED) is 0.724. The lowest BCUT2D eigenvalue weighted by molar-refractivity contribution is 0.0689. The Hall–Kier alpha value is -1.43. The van der Waals surface area contributed by atoms with Gasteiger partial charge in [-0.2, -0.15) is 0 Å². The maximum Gasteiger partial charge on any atom is 0.358 e. The van der Waals surface area contributed by atoms with Crippen molar-refractivity contribution >= 4 is 5.97 Å². The van der Waals surface area contributed by atoms with Crippen LogP contribution in [0.3, 0.4) is 0 Å². The maximum absolute atomic E-state index is 10.7. The van der Waals surface area contributed by atoms with Gasteiger partial charge in [-0.3, -0.25) is 0 Å². The van der Waals surface area contributed by atoms with Crippen LogP contribution in [0.4, 0.5) is 0 Å². The zero-order valence-electron chi connectivity index (χ0n) is 8.14. The van der Waals surface area contributed by atoms with Crippen molar-refractivity contribution in [2.45, 2.75) is 26.3 Å². The molecule has 1 aromatic rings. The van der Waals surface area contributed by atoms with Crippen molar-refractivity contribution in [2.75, 3.05) is 6.61 Å². The number of aliphatic hydroxyl groups excluding tert-OH is 1. The summed E-state index contributed by atoms with van der Waals surface area (Å²) in [6.07, 6.45) is 0.680. The fourth-order valence-electron chi connectivity index (χ4n) is 1.26. The van der Waals surface area contributed by atoms with E-state index < -0.39 is 5.97 Å². The largest absolute Gasteiger partial charge is 0.476 e. The summed E-state index contributed by atoms with van der Waals surface area (Å²) in [5.41, 5.74) is 0.412. The van der Waals surface area contributed by atoms with E-state index in [9.17, 15) is 4.79 Å². The van der Waals surface area contributed by atoms with Gasteiger partial charge in [-0.15, -0.1) is 5.10 Å². The molecule has 0 saturated heterocycles. The third kappa shape index (κ3) is 1.74. The number of rotatable bonds is 4. The lowest BCUT2D eigenvalue weighted by atomic mass is 10.2. The molecular weight excluding hydrogens is 186 g/mol. The molecule has 0 aliphatic rings. The molecule has 1 heterocycles. The van der Waals surface area contributed by atoms with Crippen LogP contribution in [0, 0.1) is 6.92 Å². The third-order valence-corrected chi connectivity index (χ3v) is 2.16. The Labute approximate surface area is 81.2 Å². The van der Waals surface area contributed by atoms with Crippen molar-refractivity contribution in [2.24, 2.45) is 0 Å². The van der Waals surface area contributed by atoms with E-state index in [1.807, 2.05) is 6.92 Å². The number of aromatic nitrogens is 3. The molecule has 0 aliphatic heterocycles. The SMILES string of the molecule is CCC(CO)n1nnc(C(=O)O)c1C. The van der Waals surface area contributed by atoms with E-state index in [0.29, 0.717) is 12.1 Å². The summed E-state index contributed by atoms with van der Waals surface area (Å²) in [5, 5.41) is 25.0. The first-order valence-electron chi connectivity index (χ1n) is 4.37. The van der Waals surface area contributed by atoms with Crippen LogP contribution in [0.1, 0.15) is 35.6 Å². The van der Waals surface area contributed by atoms with Crippen LogP contribution in [0.25, 0.3) is 0 Å². The number of carboxylic acid groups (broad SMARTS) is 1. The molecule has 6 nitrogen and oxygen atoms in total. The summed E-state index contributed by atoms with van der Waals surface area (Å²) in [5.74, 6) is -1.10. The number of aromatic carboxylic acids is 1. The van der Waals surface area contributed by atoms with Crippen LogP contribution in [0.15, 0.2) is 0 Å². The van der Waals surface area contributed by atoms with E-state index in [-0.39, 0.29) is 18.3 Å². The first-order chi connectivity index (χ1) is 6.61. The molecule has 0 bridgehead atoms. The van der Waals surface area contributed by atoms with Crippen LogP contribution < -0.4 is 0 Å². The van der Waals surface area contributed by atoms with Crippen molar-refractivity contribution in [3.05, 3.63) is 11.4 Å². The molecule has 0 spiro atoms. The minimum absolute atomic E-state index is 0.0584. The summed E-state index contributed by atoms with van der Waals surface area (Å²) in [6.45, 7) is 3.45. The molecule has 0 fully saturated rings. The molecule has 0 amide bonds. The summed E-state index contributed by atoms with van der Waals surface area (Å²) in [6, 6.07) is -0.199. The van der Waals surface area contributed by atoms with Crippen molar-refractivity contribution in [1.29, 1.82) is 0 Å². The second kappa shape index (κ2) is 4.19. The van der Waals surface area contributed by atoms with Gasteiger partial charge in [0.25, 0.3) is 0 Å². The highest BCUT2D eigenvalue weighted by atomic mass is 16.4. The van der Waals surface area contributed by atoms with Gasteiger partial charge >= 0.3 is 5.97 Å². The highest BCUT2D eigenvalue weighted by Crippen LogP contribution is 2.13. The molecule has 6 heteroatoms. The summed E-state index contributed by atoms with van der Waals surface area (Å²) < 4.78 is 1.45. The predicted molar refractivity (Wildman–Crippen MR) is 48.1 cm³/mol. The average Bonchev–Trinajstić information content (AvgIpc) is 2.51. The molecule has 0 aliphatic carbocycles. The van der Waals surface area contributed by atoms with Gasteiger partial charge in [-0.1, -0.05) is 12.1 Å². The fourth-order valence-corrected chi connectivity index (χ4v) is 1.26. The molecule has 0 aromatic carbocycles. The Bertz CT molecular complexity index is 331. The van der Waals surface area contributed by atoms with Gasteiger partial charge in [0.15, 0.2) is 5.69 Å². The molecule has 14 heavy (non-hydrogen) atoms. The van der Waals surface area contributed by atoms with E-state index in [2.05, 4.69) is 10.3 Å². The van der Waals surface area contributed by atoms with E-state index in [0.717, 1.165) is 0 Å². The fraction of sp³-hybridized carbons (Fsp3) is 0.625. The van der Waals surface area contributed by atoms with Gasteiger partial charge in [-0.05, 0) is 13.3 Å². The molecule has 1 rings (SSSR count). The van der Waals surface area contributed by atoms with Crippen molar-refractivity contribution in [3.63, 3.8) is 0 Å². The first-order valence-corrected chi connectivity index (χ1v) is 4.37. The van der Waals surface area contributed by atoms with Gasteiger partial charge in [0.2, 0.25) is 0 Å². The minimum atomic E-state index is -1.10. The van der Waals surface area contributed by atoms with E-state index in [4.69, 9.17) is 10.2 Å². The van der Waals surface area contributed by atoms with Crippen LogP contribution in [-0.2, 0) is 0 Å². The van der Waals surface area contributed by atoms with Crippen LogP contribution >= 0.6 is 0 Å². The van der Waals surface area contributed by atoms with Crippen molar-refractivity contribution < 1.29 is 15.0 Å². The van der Waals surface area contributed by atoms with E-state index in [1.165, 1.54) is 4.68 Å². The molecule has 0 radical (unpaired) electrons. The lowest BCUT2D eigenvalue weighted by Crippen LogP contribution is -2.15. The minimum Gasteiger partial charge on any atom is -0.476 e. The van der Waals surface area contributed by atoms with Gasteiger partial charge in [-0.25, -0.2) is 9.48 Å². The van der Waals surface area contributed by atoms with Crippen molar-refractivity contribution in [1.82, 2.24) is 15.0 Å². The Morgan fingerprint density at radius 3 is 2.64 bits per heavy atom. The highest BCUT2D eigenvalue weighted by molar-refractivity contribution is 5.86. The van der Waals surface area contributed by atoms with E-state index >= 15 is 0 Å². The van der Waals surface area contributed by atoms with Crippen LogP contribution in [-0.4, -0.2) is 37.8 Å². The van der Waals surface area contributed by atoms with Gasteiger partial charge in [0.1, 0.15) is 0 Å². The van der Waals surface area contributed by atoms with Gasteiger partial charge in [0.05, 0.1) is 18.3 Å². The lowest BCUT2D eigenvalue weighted by Gasteiger charge is -2.12. The number of carboxylic acids is 1. The van der Waals surface area contributed by atoms with E-state index in [1.54, 1.807) is 6.92 Å². The number of hydrogen-bond acceptors (Lipinski definition) is 4. The normalized spacial score (nSPS) is 12.8. The Balaban J connectivity index is 3.05. The summed E-state index contributed by atoms with van der Waals surface area (Å²) in [7, 11) is 0.